The van der Waals surface area contributed by atoms with Crippen LogP contribution in [0.4, 0.5) is 0 Å². The molecule has 0 saturated heterocycles. The summed E-state index contributed by atoms with van der Waals surface area (Å²) in [7, 11) is 0. The summed E-state index contributed by atoms with van der Waals surface area (Å²) < 4.78 is 5.64. The van der Waals surface area contributed by atoms with E-state index in [2.05, 4.69) is 16.6 Å². The first kappa shape index (κ1) is 22.3. The molecule has 0 aliphatic heterocycles. The van der Waals surface area contributed by atoms with Crippen LogP contribution >= 0.6 is 11.6 Å². The van der Waals surface area contributed by atoms with Gasteiger partial charge in [-0.3, -0.25) is 10.1 Å². The molecular weight excluding hydrogens is 420 g/mol. The molecule has 9 heteroatoms. The molecular formula is C22H23ClN4O4. The van der Waals surface area contributed by atoms with Crippen LogP contribution in [0, 0.1) is 10.1 Å². The lowest BCUT2D eigenvalue weighted by molar-refractivity contribution is -0.479. The van der Waals surface area contributed by atoms with Crippen LogP contribution in [0.5, 0.6) is 5.75 Å². The second kappa shape index (κ2) is 9.63. The number of para-hydroxylation sites is 1. The van der Waals surface area contributed by atoms with Crippen molar-refractivity contribution in [3.8, 4) is 5.75 Å². The standard InChI is InChI=1S/C22H23ClN4O4/c1-13(2)30-20-8-7-15(11-19(20)23)22(31-24)26-14(3)17-5-4-6-18-16(9-10-27(28)29)12-25-21(17)18/h4-8,11-13,25H,3,9-10,24H2,1-2H3. The van der Waals surface area contributed by atoms with Gasteiger partial charge in [-0.15, -0.1) is 0 Å². The Labute approximate surface area is 184 Å². The summed E-state index contributed by atoms with van der Waals surface area (Å²) in [5.74, 6) is 6.16. The lowest BCUT2D eigenvalue weighted by Crippen LogP contribution is -2.13. The van der Waals surface area contributed by atoms with E-state index in [0.29, 0.717) is 28.5 Å². The molecule has 0 unspecified atom stereocenters. The third kappa shape index (κ3) is 5.22. The highest BCUT2D eigenvalue weighted by Gasteiger charge is 2.14. The van der Waals surface area contributed by atoms with Crippen molar-refractivity contribution >= 4 is 34.1 Å². The van der Waals surface area contributed by atoms with Gasteiger partial charge in [0.05, 0.1) is 22.3 Å². The molecule has 0 radical (unpaired) electrons. The zero-order valence-electron chi connectivity index (χ0n) is 17.2. The molecule has 0 aliphatic rings. The second-order valence-corrected chi connectivity index (χ2v) is 7.55. The summed E-state index contributed by atoms with van der Waals surface area (Å²) >= 11 is 6.31. The van der Waals surface area contributed by atoms with Crippen LogP contribution < -0.4 is 10.6 Å². The van der Waals surface area contributed by atoms with E-state index in [-0.39, 0.29) is 23.5 Å². The van der Waals surface area contributed by atoms with E-state index >= 15 is 0 Å². The zero-order valence-corrected chi connectivity index (χ0v) is 18.0. The number of H-pyrrole nitrogens is 1. The lowest BCUT2D eigenvalue weighted by Gasteiger charge is -2.13. The predicted molar refractivity (Wildman–Crippen MR) is 122 cm³/mol. The number of aromatic nitrogens is 1. The fourth-order valence-corrected chi connectivity index (χ4v) is 3.42. The van der Waals surface area contributed by atoms with E-state index in [4.69, 9.17) is 27.1 Å². The molecule has 0 atom stereocenters. The number of hydrogen-bond acceptors (Lipinski definition) is 6. The minimum absolute atomic E-state index is 0.0152. The molecule has 162 valence electrons. The Hall–Kier alpha value is -3.36. The molecule has 1 heterocycles. The molecule has 0 amide bonds. The summed E-state index contributed by atoms with van der Waals surface area (Å²) in [5, 5.41) is 12.0. The van der Waals surface area contributed by atoms with Crippen molar-refractivity contribution in [1.29, 1.82) is 0 Å². The van der Waals surface area contributed by atoms with Crippen molar-refractivity contribution in [2.75, 3.05) is 6.54 Å². The number of aliphatic imine (C=N–C) groups is 1. The largest absolute Gasteiger partial charge is 0.489 e. The Morgan fingerprint density at radius 1 is 1.35 bits per heavy atom. The Morgan fingerprint density at radius 2 is 2.13 bits per heavy atom. The maximum absolute atomic E-state index is 10.7. The van der Waals surface area contributed by atoms with Crippen LogP contribution in [0.15, 0.2) is 54.2 Å². The molecule has 8 nitrogen and oxygen atoms in total. The van der Waals surface area contributed by atoms with E-state index in [1.807, 2.05) is 32.0 Å². The van der Waals surface area contributed by atoms with Crippen molar-refractivity contribution < 1.29 is 14.5 Å². The molecule has 3 aromatic rings. The SMILES string of the molecule is C=C(N=C(ON)c1ccc(OC(C)C)c(Cl)c1)c1cccc2c(CC[N+](=O)[O-])c[nH]c12. The lowest BCUT2D eigenvalue weighted by atomic mass is 10.1. The number of rotatable bonds is 8. The minimum Gasteiger partial charge on any atom is -0.489 e. The van der Waals surface area contributed by atoms with E-state index in [0.717, 1.165) is 22.0 Å². The summed E-state index contributed by atoms with van der Waals surface area (Å²) in [6.45, 7) is 7.72. The summed E-state index contributed by atoms with van der Waals surface area (Å²) in [6.07, 6.45) is 2.08. The number of benzene rings is 2. The van der Waals surface area contributed by atoms with Crippen LogP contribution in [-0.4, -0.2) is 28.5 Å². The van der Waals surface area contributed by atoms with Gasteiger partial charge in [-0.2, -0.15) is 5.90 Å². The third-order valence-electron chi connectivity index (χ3n) is 4.57. The fraction of sp³-hybridized carbons (Fsp3) is 0.227. The zero-order chi connectivity index (χ0) is 22.5. The van der Waals surface area contributed by atoms with Gasteiger partial charge in [0.2, 0.25) is 12.4 Å². The van der Waals surface area contributed by atoms with Crippen LogP contribution in [0.2, 0.25) is 5.02 Å². The normalized spacial score (nSPS) is 11.7. The molecule has 0 aliphatic carbocycles. The highest BCUT2D eigenvalue weighted by molar-refractivity contribution is 6.32. The number of nitro groups is 1. The average molecular weight is 443 g/mol. The predicted octanol–water partition coefficient (Wildman–Crippen LogP) is 4.74. The number of nitrogens with one attached hydrogen (secondary N) is 1. The van der Waals surface area contributed by atoms with Gasteiger partial charge < -0.3 is 14.6 Å². The number of fused-ring (bicyclic) bond motifs is 1. The van der Waals surface area contributed by atoms with Gasteiger partial charge >= 0.3 is 0 Å². The van der Waals surface area contributed by atoms with Crippen LogP contribution in [0.25, 0.3) is 16.6 Å². The van der Waals surface area contributed by atoms with E-state index in [1.165, 1.54) is 0 Å². The molecule has 2 aromatic carbocycles. The number of halogens is 1. The topological polar surface area (TPSA) is 116 Å². The highest BCUT2D eigenvalue weighted by Crippen LogP contribution is 2.29. The van der Waals surface area contributed by atoms with Gasteiger partial charge in [0.15, 0.2) is 0 Å². The Balaban J connectivity index is 1.92. The van der Waals surface area contributed by atoms with Crippen molar-refractivity contribution in [2.45, 2.75) is 26.4 Å². The number of hydrogen-bond donors (Lipinski definition) is 2. The van der Waals surface area contributed by atoms with Crippen LogP contribution in [-0.2, 0) is 11.3 Å². The molecule has 3 rings (SSSR count). The van der Waals surface area contributed by atoms with Gasteiger partial charge in [-0.05, 0) is 37.6 Å². The Kier molecular flexibility index (Phi) is 6.94. The van der Waals surface area contributed by atoms with Gasteiger partial charge in [-0.1, -0.05) is 36.4 Å². The van der Waals surface area contributed by atoms with Gasteiger partial charge in [0.25, 0.3) is 0 Å². The maximum atomic E-state index is 10.7. The van der Waals surface area contributed by atoms with Gasteiger partial charge in [0, 0.05) is 34.1 Å². The molecule has 0 fully saturated rings. The smallest absolute Gasteiger partial charge is 0.245 e. The molecule has 0 spiro atoms. The maximum Gasteiger partial charge on any atom is 0.245 e. The summed E-state index contributed by atoms with van der Waals surface area (Å²) in [6, 6.07) is 10.7. The molecule has 0 bridgehead atoms. The monoisotopic (exact) mass is 442 g/mol. The molecule has 0 saturated carbocycles. The molecule has 31 heavy (non-hydrogen) atoms. The van der Waals surface area contributed by atoms with Crippen molar-refractivity contribution in [3.05, 3.63) is 81.0 Å². The van der Waals surface area contributed by atoms with Crippen molar-refractivity contribution in [2.24, 2.45) is 10.9 Å². The van der Waals surface area contributed by atoms with Gasteiger partial charge in [0.1, 0.15) is 5.75 Å². The minimum atomic E-state index is -0.334. The summed E-state index contributed by atoms with van der Waals surface area (Å²) in [4.78, 5) is 23.0. The third-order valence-corrected chi connectivity index (χ3v) is 4.86. The quantitative estimate of drug-likeness (QED) is 0.226. The average Bonchev–Trinajstić information content (AvgIpc) is 3.14. The van der Waals surface area contributed by atoms with E-state index in [1.54, 1.807) is 24.4 Å². The molecule has 3 N–H and O–H groups in total. The second-order valence-electron chi connectivity index (χ2n) is 7.14. The number of aromatic amines is 1. The van der Waals surface area contributed by atoms with Crippen LogP contribution in [0.1, 0.15) is 30.5 Å². The Morgan fingerprint density at radius 3 is 2.77 bits per heavy atom. The van der Waals surface area contributed by atoms with Crippen LogP contribution in [0.3, 0.4) is 0 Å². The highest BCUT2D eigenvalue weighted by atomic mass is 35.5. The number of nitrogens with two attached hydrogens (primary N) is 1. The number of ether oxygens (including phenoxy) is 1. The van der Waals surface area contributed by atoms with Crippen molar-refractivity contribution in [1.82, 2.24) is 4.98 Å². The molecule has 1 aromatic heterocycles. The first-order chi connectivity index (χ1) is 14.8. The van der Waals surface area contributed by atoms with Crippen molar-refractivity contribution in [3.63, 3.8) is 0 Å². The Bertz CT molecular complexity index is 1150. The van der Waals surface area contributed by atoms with E-state index in [9.17, 15) is 10.1 Å². The summed E-state index contributed by atoms with van der Waals surface area (Å²) in [5.41, 5.74) is 3.34. The fourth-order valence-electron chi connectivity index (χ4n) is 3.20. The first-order valence-corrected chi connectivity index (χ1v) is 10.00. The number of nitrogens with zero attached hydrogens (tertiary/aromatic N) is 2. The van der Waals surface area contributed by atoms with Gasteiger partial charge in [-0.25, -0.2) is 4.99 Å². The first-order valence-electron chi connectivity index (χ1n) is 9.62. The van der Waals surface area contributed by atoms with E-state index < -0.39 is 0 Å².